The highest BCUT2D eigenvalue weighted by atomic mass is 32.2. The van der Waals surface area contributed by atoms with E-state index in [0.29, 0.717) is 5.16 Å². The van der Waals surface area contributed by atoms with Gasteiger partial charge in [-0.3, -0.25) is 14.2 Å². The van der Waals surface area contributed by atoms with E-state index in [0.717, 1.165) is 33.6 Å². The zero-order valence-corrected chi connectivity index (χ0v) is 15.7. The molecule has 1 amide bonds. The summed E-state index contributed by atoms with van der Waals surface area (Å²) in [4.78, 5) is 33.5. The molecule has 3 heterocycles. The van der Waals surface area contributed by atoms with Crippen molar-refractivity contribution < 1.29 is 4.79 Å². The molecule has 1 unspecified atom stereocenters. The highest BCUT2D eigenvalue weighted by molar-refractivity contribution is 8.00. The molecule has 0 aliphatic carbocycles. The molecular formula is C16H21N3O2S2. The first kappa shape index (κ1) is 16.5. The van der Waals surface area contributed by atoms with Gasteiger partial charge in [0.05, 0.1) is 10.6 Å². The molecule has 2 aromatic heterocycles. The van der Waals surface area contributed by atoms with Crippen LogP contribution in [0, 0.1) is 13.8 Å². The fourth-order valence-electron chi connectivity index (χ4n) is 2.85. The summed E-state index contributed by atoms with van der Waals surface area (Å²) in [5.74, 6) is 0.123. The molecule has 1 fully saturated rings. The summed E-state index contributed by atoms with van der Waals surface area (Å²) in [6, 6.07) is 0.00995. The molecule has 1 saturated heterocycles. The Hall–Kier alpha value is -1.34. The van der Waals surface area contributed by atoms with E-state index in [1.54, 1.807) is 20.8 Å². The van der Waals surface area contributed by atoms with E-state index < -0.39 is 0 Å². The summed E-state index contributed by atoms with van der Waals surface area (Å²) in [5.41, 5.74) is 1.03. The van der Waals surface area contributed by atoms with E-state index in [1.807, 2.05) is 34.7 Å². The topological polar surface area (TPSA) is 55.2 Å². The number of hydrogen-bond donors (Lipinski definition) is 0. The number of aryl methyl sites for hydroxylation is 2. The van der Waals surface area contributed by atoms with Crippen LogP contribution in [-0.2, 0) is 4.79 Å². The number of aromatic nitrogens is 2. The van der Waals surface area contributed by atoms with Crippen molar-refractivity contribution in [2.24, 2.45) is 0 Å². The average Bonchev–Trinajstić information content (AvgIpc) is 2.93. The molecule has 1 aliphatic heterocycles. The fraction of sp³-hybridized carbons (Fsp3) is 0.562. The number of likely N-dealkylation sites (tertiary alicyclic amines) is 1. The number of thioether (sulfide) groups is 1. The van der Waals surface area contributed by atoms with E-state index in [2.05, 4.69) is 0 Å². The van der Waals surface area contributed by atoms with Gasteiger partial charge in [0.1, 0.15) is 4.83 Å². The Morgan fingerprint density at radius 2 is 2.00 bits per heavy atom. The van der Waals surface area contributed by atoms with Crippen LogP contribution in [0.15, 0.2) is 9.95 Å². The van der Waals surface area contributed by atoms with Gasteiger partial charge in [0.15, 0.2) is 5.16 Å². The summed E-state index contributed by atoms with van der Waals surface area (Å²) in [5, 5.41) is 1.24. The third-order valence-corrected chi connectivity index (χ3v) is 6.67. The second-order valence-electron chi connectivity index (χ2n) is 6.28. The minimum Gasteiger partial charge on any atom is -0.345 e. The second-order valence-corrected chi connectivity index (χ2v) is 8.65. The van der Waals surface area contributed by atoms with Crippen LogP contribution in [0.5, 0.6) is 0 Å². The molecule has 0 saturated carbocycles. The molecule has 23 heavy (non-hydrogen) atoms. The summed E-state index contributed by atoms with van der Waals surface area (Å²) in [6.45, 7) is 8.72. The SMILES string of the molecule is Cc1sc2nc(SC3CCN(C)C3=O)n(C(C)C)c(=O)c2c1C. The maximum absolute atomic E-state index is 13.0. The maximum atomic E-state index is 13.0. The molecule has 2 aromatic rings. The number of rotatable bonds is 3. The van der Waals surface area contributed by atoms with Crippen LogP contribution in [0.25, 0.3) is 10.2 Å². The third kappa shape index (κ3) is 2.70. The van der Waals surface area contributed by atoms with Crippen LogP contribution >= 0.6 is 23.1 Å². The predicted octanol–water partition coefficient (Wildman–Crippen LogP) is 2.98. The molecule has 0 aromatic carbocycles. The molecule has 7 heteroatoms. The Morgan fingerprint density at radius 1 is 1.30 bits per heavy atom. The lowest BCUT2D eigenvalue weighted by Crippen LogP contribution is -2.27. The molecule has 1 atom stereocenters. The minimum atomic E-state index is -0.142. The van der Waals surface area contributed by atoms with Crippen LogP contribution in [0.3, 0.4) is 0 Å². The number of thiophene rings is 1. The summed E-state index contributed by atoms with van der Waals surface area (Å²) >= 11 is 2.98. The Balaban J connectivity index is 2.14. The molecule has 0 spiro atoms. The van der Waals surface area contributed by atoms with Crippen molar-refractivity contribution in [2.75, 3.05) is 13.6 Å². The van der Waals surface area contributed by atoms with Crippen molar-refractivity contribution in [1.82, 2.24) is 14.5 Å². The fourth-order valence-corrected chi connectivity index (χ4v) is 5.24. The molecule has 0 bridgehead atoms. The number of carbonyl (C=O) groups excluding carboxylic acids is 1. The number of amides is 1. The molecule has 1 aliphatic rings. The standard InChI is InChI=1S/C16H21N3O2S2/c1-8(2)19-15(21)12-9(3)10(4)22-13(12)17-16(19)23-11-6-7-18(5)14(11)20/h8,11H,6-7H2,1-5H3. The van der Waals surface area contributed by atoms with Crippen LogP contribution in [-0.4, -0.2) is 39.2 Å². The highest BCUT2D eigenvalue weighted by Gasteiger charge is 2.32. The summed E-state index contributed by atoms with van der Waals surface area (Å²) in [6.07, 6.45) is 0.800. The first-order valence-corrected chi connectivity index (χ1v) is 9.44. The van der Waals surface area contributed by atoms with Gasteiger partial charge in [-0.05, 0) is 39.7 Å². The van der Waals surface area contributed by atoms with Gasteiger partial charge in [0, 0.05) is 24.5 Å². The first-order chi connectivity index (χ1) is 10.8. The number of nitrogens with zero attached hydrogens (tertiary/aromatic N) is 3. The van der Waals surface area contributed by atoms with Crippen molar-refractivity contribution in [3.05, 3.63) is 20.8 Å². The van der Waals surface area contributed by atoms with E-state index in [-0.39, 0.29) is 22.8 Å². The Bertz CT molecular complexity index is 838. The van der Waals surface area contributed by atoms with E-state index in [1.165, 1.54) is 11.8 Å². The van der Waals surface area contributed by atoms with Crippen molar-refractivity contribution in [3.8, 4) is 0 Å². The van der Waals surface area contributed by atoms with Gasteiger partial charge in [-0.1, -0.05) is 11.8 Å². The molecular weight excluding hydrogens is 330 g/mol. The lowest BCUT2D eigenvalue weighted by molar-refractivity contribution is -0.126. The molecule has 0 N–H and O–H groups in total. The van der Waals surface area contributed by atoms with Crippen LogP contribution < -0.4 is 5.56 Å². The summed E-state index contributed by atoms with van der Waals surface area (Å²) in [7, 11) is 1.82. The van der Waals surface area contributed by atoms with E-state index >= 15 is 0 Å². The molecule has 3 rings (SSSR count). The molecule has 124 valence electrons. The van der Waals surface area contributed by atoms with Crippen molar-refractivity contribution >= 4 is 39.2 Å². The van der Waals surface area contributed by atoms with E-state index in [4.69, 9.17) is 4.98 Å². The first-order valence-electron chi connectivity index (χ1n) is 7.75. The Labute approximate surface area is 143 Å². The van der Waals surface area contributed by atoms with Crippen molar-refractivity contribution in [1.29, 1.82) is 0 Å². The van der Waals surface area contributed by atoms with Gasteiger partial charge in [-0.25, -0.2) is 4.98 Å². The van der Waals surface area contributed by atoms with Gasteiger partial charge < -0.3 is 4.90 Å². The van der Waals surface area contributed by atoms with Gasteiger partial charge in [-0.15, -0.1) is 11.3 Å². The third-order valence-electron chi connectivity index (χ3n) is 4.35. The normalized spacial score (nSPS) is 18.6. The van der Waals surface area contributed by atoms with Crippen LogP contribution in [0.1, 0.15) is 36.8 Å². The zero-order valence-electron chi connectivity index (χ0n) is 14.0. The van der Waals surface area contributed by atoms with Gasteiger partial charge >= 0.3 is 0 Å². The van der Waals surface area contributed by atoms with Gasteiger partial charge in [0.25, 0.3) is 5.56 Å². The average molecular weight is 351 g/mol. The zero-order chi connectivity index (χ0) is 16.9. The lowest BCUT2D eigenvalue weighted by atomic mass is 10.2. The smallest absolute Gasteiger partial charge is 0.263 e. The molecule has 5 nitrogen and oxygen atoms in total. The maximum Gasteiger partial charge on any atom is 0.263 e. The minimum absolute atomic E-state index is 0.00755. The number of fused-ring (bicyclic) bond motifs is 1. The van der Waals surface area contributed by atoms with Crippen LogP contribution in [0.4, 0.5) is 0 Å². The Kier molecular flexibility index (Phi) is 4.27. The van der Waals surface area contributed by atoms with Gasteiger partial charge in [0.2, 0.25) is 5.91 Å². The van der Waals surface area contributed by atoms with Crippen molar-refractivity contribution in [2.45, 2.75) is 50.6 Å². The van der Waals surface area contributed by atoms with E-state index in [9.17, 15) is 9.59 Å². The largest absolute Gasteiger partial charge is 0.345 e. The quantitative estimate of drug-likeness (QED) is 0.798. The highest BCUT2D eigenvalue weighted by Crippen LogP contribution is 2.33. The van der Waals surface area contributed by atoms with Crippen LogP contribution in [0.2, 0.25) is 0 Å². The number of carbonyl (C=O) groups is 1. The van der Waals surface area contributed by atoms with Gasteiger partial charge in [-0.2, -0.15) is 0 Å². The molecule has 0 radical (unpaired) electrons. The second kappa shape index (κ2) is 5.94. The predicted molar refractivity (Wildman–Crippen MR) is 95.6 cm³/mol. The van der Waals surface area contributed by atoms with Crippen molar-refractivity contribution in [3.63, 3.8) is 0 Å². The lowest BCUT2D eigenvalue weighted by Gasteiger charge is -2.17. The summed E-state index contributed by atoms with van der Waals surface area (Å²) < 4.78 is 1.73. The Morgan fingerprint density at radius 3 is 2.57 bits per heavy atom. The monoisotopic (exact) mass is 351 g/mol. The number of hydrogen-bond acceptors (Lipinski definition) is 5.